The van der Waals surface area contributed by atoms with Crippen LogP contribution in [0.3, 0.4) is 0 Å². The van der Waals surface area contributed by atoms with Crippen molar-refractivity contribution in [3.05, 3.63) is 87.9 Å². The number of benzene rings is 3. The lowest BCUT2D eigenvalue weighted by Gasteiger charge is -2.30. The fourth-order valence-corrected chi connectivity index (χ4v) is 4.46. The van der Waals surface area contributed by atoms with Crippen LogP contribution in [0.2, 0.25) is 10.0 Å². The van der Waals surface area contributed by atoms with Gasteiger partial charge in [0.25, 0.3) is 5.91 Å². The van der Waals surface area contributed by atoms with Crippen LogP contribution in [0.4, 0.5) is 21.9 Å². The first-order valence-electron chi connectivity index (χ1n) is 11.2. The predicted molar refractivity (Wildman–Crippen MR) is 139 cm³/mol. The average molecular weight is 497 g/mol. The summed E-state index contributed by atoms with van der Waals surface area (Å²) in [5.41, 5.74) is 3.22. The van der Waals surface area contributed by atoms with E-state index in [1.54, 1.807) is 30.3 Å². The highest BCUT2D eigenvalue weighted by Gasteiger charge is 2.20. The van der Waals surface area contributed by atoms with E-state index in [0.29, 0.717) is 33.5 Å². The Kier molecular flexibility index (Phi) is 7.93. The van der Waals surface area contributed by atoms with Gasteiger partial charge in [-0.3, -0.25) is 4.79 Å². The van der Waals surface area contributed by atoms with Gasteiger partial charge in [-0.15, -0.1) is 0 Å². The van der Waals surface area contributed by atoms with Crippen LogP contribution < -0.4 is 20.9 Å². The molecule has 3 aromatic carbocycles. The molecule has 6 nitrogen and oxygen atoms in total. The fraction of sp³-hybridized carbons (Fsp3) is 0.231. The molecule has 3 amide bonds. The molecule has 3 aromatic rings. The van der Waals surface area contributed by atoms with Crippen molar-refractivity contribution in [2.75, 3.05) is 28.6 Å². The molecule has 1 fully saturated rings. The third-order valence-electron chi connectivity index (χ3n) is 5.69. The lowest BCUT2D eigenvalue weighted by molar-refractivity contribution is 0.0951. The summed E-state index contributed by atoms with van der Waals surface area (Å²) in [5, 5.41) is 9.13. The Morgan fingerprint density at radius 2 is 1.53 bits per heavy atom. The zero-order valence-corrected chi connectivity index (χ0v) is 20.1. The second-order valence-corrected chi connectivity index (χ2v) is 8.94. The summed E-state index contributed by atoms with van der Waals surface area (Å²) in [6, 6.07) is 19.6. The van der Waals surface area contributed by atoms with E-state index >= 15 is 0 Å². The number of rotatable bonds is 6. The van der Waals surface area contributed by atoms with E-state index in [4.69, 9.17) is 23.2 Å². The van der Waals surface area contributed by atoms with Crippen molar-refractivity contribution in [3.8, 4) is 0 Å². The monoisotopic (exact) mass is 496 g/mol. The molecule has 0 bridgehead atoms. The van der Waals surface area contributed by atoms with Crippen molar-refractivity contribution in [2.45, 2.75) is 25.8 Å². The molecule has 176 valence electrons. The van der Waals surface area contributed by atoms with E-state index in [2.05, 4.69) is 20.9 Å². The average Bonchev–Trinajstić information content (AvgIpc) is 2.86. The SMILES string of the molecule is O=C(Nc1ccc(N2CCCCC2)c(C(=O)NCc2ccccc2)c1)Nc1c(Cl)cccc1Cl. The zero-order chi connectivity index (χ0) is 23.9. The van der Waals surface area contributed by atoms with E-state index in [1.165, 1.54) is 6.42 Å². The van der Waals surface area contributed by atoms with Crippen LogP contribution in [0.25, 0.3) is 0 Å². The van der Waals surface area contributed by atoms with Crippen molar-refractivity contribution in [1.29, 1.82) is 0 Å². The number of carbonyl (C=O) groups excluding carboxylic acids is 2. The van der Waals surface area contributed by atoms with Crippen LogP contribution in [0.1, 0.15) is 35.2 Å². The van der Waals surface area contributed by atoms with Crippen molar-refractivity contribution >= 4 is 52.2 Å². The molecular formula is C26H26Cl2N4O2. The number of amides is 3. The second kappa shape index (κ2) is 11.3. The van der Waals surface area contributed by atoms with Gasteiger partial charge in [0.15, 0.2) is 0 Å². The van der Waals surface area contributed by atoms with Gasteiger partial charge in [0, 0.05) is 31.0 Å². The molecule has 4 rings (SSSR count). The first-order valence-corrected chi connectivity index (χ1v) is 12.0. The highest BCUT2D eigenvalue weighted by molar-refractivity contribution is 6.39. The Morgan fingerprint density at radius 1 is 0.824 bits per heavy atom. The maximum Gasteiger partial charge on any atom is 0.323 e. The Balaban J connectivity index is 1.53. The van der Waals surface area contributed by atoms with Gasteiger partial charge in [-0.05, 0) is 55.2 Å². The van der Waals surface area contributed by atoms with E-state index in [9.17, 15) is 9.59 Å². The molecule has 1 heterocycles. The van der Waals surface area contributed by atoms with Gasteiger partial charge in [0.2, 0.25) is 0 Å². The first-order chi connectivity index (χ1) is 16.5. The zero-order valence-electron chi connectivity index (χ0n) is 18.6. The van der Waals surface area contributed by atoms with Gasteiger partial charge < -0.3 is 20.9 Å². The summed E-state index contributed by atoms with van der Waals surface area (Å²) in [5.74, 6) is -0.192. The quantitative estimate of drug-likeness (QED) is 0.361. The highest BCUT2D eigenvalue weighted by Crippen LogP contribution is 2.31. The lowest BCUT2D eigenvalue weighted by atomic mass is 10.1. The van der Waals surface area contributed by atoms with Crippen LogP contribution in [-0.2, 0) is 6.54 Å². The summed E-state index contributed by atoms with van der Waals surface area (Å²) >= 11 is 12.3. The number of carbonyl (C=O) groups is 2. The molecule has 0 aliphatic carbocycles. The number of nitrogens with one attached hydrogen (secondary N) is 3. The van der Waals surface area contributed by atoms with E-state index in [-0.39, 0.29) is 5.91 Å². The fourth-order valence-electron chi connectivity index (χ4n) is 3.97. The maximum atomic E-state index is 13.2. The smallest absolute Gasteiger partial charge is 0.323 e. The normalized spacial score (nSPS) is 13.3. The number of urea groups is 1. The topological polar surface area (TPSA) is 73.5 Å². The number of nitrogens with zero attached hydrogens (tertiary/aromatic N) is 1. The summed E-state index contributed by atoms with van der Waals surface area (Å²) in [7, 11) is 0. The second-order valence-electron chi connectivity index (χ2n) is 8.12. The van der Waals surface area contributed by atoms with Gasteiger partial charge in [-0.1, -0.05) is 59.6 Å². The molecule has 0 aromatic heterocycles. The van der Waals surface area contributed by atoms with Crippen molar-refractivity contribution in [3.63, 3.8) is 0 Å². The van der Waals surface area contributed by atoms with Gasteiger partial charge in [0.05, 0.1) is 21.3 Å². The number of halogens is 2. The molecule has 0 saturated carbocycles. The molecule has 1 aliphatic rings. The standard InChI is InChI=1S/C26H26Cl2N4O2/c27-21-10-7-11-22(28)24(21)31-26(34)30-19-12-13-23(32-14-5-2-6-15-32)20(16-19)25(33)29-17-18-8-3-1-4-9-18/h1,3-4,7-13,16H,2,5-6,14-15,17H2,(H,29,33)(H2,30,31,34). The molecule has 1 saturated heterocycles. The van der Waals surface area contributed by atoms with Gasteiger partial charge >= 0.3 is 6.03 Å². The van der Waals surface area contributed by atoms with Crippen molar-refractivity contribution < 1.29 is 9.59 Å². The molecule has 0 atom stereocenters. The summed E-state index contributed by atoms with van der Waals surface area (Å²) in [4.78, 5) is 28.0. The predicted octanol–water partition coefficient (Wildman–Crippen LogP) is 6.56. The van der Waals surface area contributed by atoms with Gasteiger partial charge in [-0.2, -0.15) is 0 Å². The summed E-state index contributed by atoms with van der Waals surface area (Å²) < 4.78 is 0. The third kappa shape index (κ3) is 6.01. The largest absolute Gasteiger partial charge is 0.371 e. The lowest BCUT2D eigenvalue weighted by Crippen LogP contribution is -2.33. The van der Waals surface area contributed by atoms with Gasteiger partial charge in [-0.25, -0.2) is 4.79 Å². The Labute approximate surface area is 209 Å². The minimum Gasteiger partial charge on any atom is -0.371 e. The molecule has 3 N–H and O–H groups in total. The number of para-hydroxylation sites is 1. The van der Waals surface area contributed by atoms with E-state index in [1.807, 2.05) is 36.4 Å². The van der Waals surface area contributed by atoms with Crippen LogP contribution in [0.5, 0.6) is 0 Å². The number of anilines is 3. The van der Waals surface area contributed by atoms with Crippen LogP contribution in [0.15, 0.2) is 66.7 Å². The van der Waals surface area contributed by atoms with E-state index < -0.39 is 6.03 Å². The maximum absolute atomic E-state index is 13.2. The summed E-state index contributed by atoms with van der Waals surface area (Å²) in [6.45, 7) is 2.22. The Bertz CT molecular complexity index is 1140. The minimum absolute atomic E-state index is 0.192. The van der Waals surface area contributed by atoms with Crippen molar-refractivity contribution in [2.24, 2.45) is 0 Å². The van der Waals surface area contributed by atoms with Crippen LogP contribution in [-0.4, -0.2) is 25.0 Å². The minimum atomic E-state index is -0.503. The summed E-state index contributed by atoms with van der Waals surface area (Å²) in [6.07, 6.45) is 3.37. The molecule has 0 radical (unpaired) electrons. The Morgan fingerprint density at radius 3 is 2.24 bits per heavy atom. The molecule has 1 aliphatic heterocycles. The number of hydrogen-bond acceptors (Lipinski definition) is 3. The van der Waals surface area contributed by atoms with Crippen LogP contribution >= 0.6 is 23.2 Å². The molecule has 8 heteroatoms. The highest BCUT2D eigenvalue weighted by atomic mass is 35.5. The Hall–Kier alpha value is -3.22. The van der Waals surface area contributed by atoms with E-state index in [0.717, 1.165) is 37.2 Å². The number of hydrogen-bond donors (Lipinski definition) is 3. The molecular weight excluding hydrogens is 471 g/mol. The molecule has 0 unspecified atom stereocenters. The number of piperidine rings is 1. The molecule has 34 heavy (non-hydrogen) atoms. The van der Waals surface area contributed by atoms with Crippen molar-refractivity contribution in [1.82, 2.24) is 5.32 Å². The molecule has 0 spiro atoms. The third-order valence-corrected chi connectivity index (χ3v) is 6.32. The van der Waals surface area contributed by atoms with Gasteiger partial charge in [0.1, 0.15) is 0 Å². The van der Waals surface area contributed by atoms with Crippen LogP contribution in [0, 0.1) is 0 Å². The first kappa shape index (κ1) is 23.9.